The number of rotatable bonds is 2. The highest BCUT2D eigenvalue weighted by Crippen LogP contribution is 2.34. The summed E-state index contributed by atoms with van der Waals surface area (Å²) in [6, 6.07) is 5.37. The number of benzene rings is 2. The van der Waals surface area contributed by atoms with E-state index in [9.17, 15) is 13.6 Å². The number of carbonyl (C=O) groups excluding carboxylic acids is 1. The van der Waals surface area contributed by atoms with Crippen molar-refractivity contribution >= 4 is 46.4 Å². The highest BCUT2D eigenvalue weighted by molar-refractivity contribution is 6.42. The molecular weight excluding hydrogens is 331 g/mol. The molecule has 20 heavy (non-hydrogen) atoms. The standard InChI is InChI=1S/C13H6Cl3F2NO/c14-6-3-9(15)12(10(16)4-6)19-13(20)8-2-1-7(17)5-11(8)18/h1-5H,(H,19,20). The lowest BCUT2D eigenvalue weighted by Gasteiger charge is -2.10. The van der Waals surface area contributed by atoms with Crippen molar-refractivity contribution in [3.05, 3.63) is 62.6 Å². The van der Waals surface area contributed by atoms with Gasteiger partial charge in [0.1, 0.15) is 11.6 Å². The van der Waals surface area contributed by atoms with Crippen molar-refractivity contribution in [3.8, 4) is 0 Å². The molecule has 0 saturated heterocycles. The molecule has 1 N–H and O–H groups in total. The Labute approximate surface area is 128 Å². The number of amides is 1. The Bertz CT molecular complexity index is 668. The van der Waals surface area contributed by atoms with E-state index in [0.717, 1.165) is 12.1 Å². The maximum absolute atomic E-state index is 13.5. The summed E-state index contributed by atoms with van der Waals surface area (Å²) in [4.78, 5) is 11.9. The summed E-state index contributed by atoms with van der Waals surface area (Å²) >= 11 is 17.5. The van der Waals surface area contributed by atoms with E-state index in [1.54, 1.807) is 0 Å². The largest absolute Gasteiger partial charge is 0.319 e. The molecule has 2 aromatic rings. The third-order valence-electron chi connectivity index (χ3n) is 2.42. The van der Waals surface area contributed by atoms with Gasteiger partial charge in [0.25, 0.3) is 5.91 Å². The summed E-state index contributed by atoms with van der Waals surface area (Å²) in [7, 11) is 0. The van der Waals surface area contributed by atoms with Crippen LogP contribution in [0.25, 0.3) is 0 Å². The zero-order chi connectivity index (χ0) is 14.9. The van der Waals surface area contributed by atoms with Crippen molar-refractivity contribution in [2.45, 2.75) is 0 Å². The fraction of sp³-hybridized carbons (Fsp3) is 0. The van der Waals surface area contributed by atoms with Gasteiger partial charge >= 0.3 is 0 Å². The van der Waals surface area contributed by atoms with Crippen molar-refractivity contribution in [1.29, 1.82) is 0 Å². The second kappa shape index (κ2) is 5.95. The smallest absolute Gasteiger partial charge is 0.258 e. The van der Waals surface area contributed by atoms with E-state index < -0.39 is 17.5 Å². The van der Waals surface area contributed by atoms with Crippen LogP contribution in [0.1, 0.15) is 10.4 Å². The predicted molar refractivity (Wildman–Crippen MR) is 75.8 cm³/mol. The molecule has 0 aromatic heterocycles. The van der Waals surface area contributed by atoms with Gasteiger partial charge in [-0.3, -0.25) is 4.79 Å². The molecule has 0 bridgehead atoms. The average molecular weight is 337 g/mol. The van der Waals surface area contributed by atoms with Gasteiger partial charge in [0.15, 0.2) is 0 Å². The van der Waals surface area contributed by atoms with E-state index in [0.29, 0.717) is 11.1 Å². The second-order valence-corrected chi connectivity index (χ2v) is 5.07. The Hall–Kier alpha value is -1.36. The highest BCUT2D eigenvalue weighted by Gasteiger charge is 2.16. The predicted octanol–water partition coefficient (Wildman–Crippen LogP) is 5.18. The van der Waals surface area contributed by atoms with Gasteiger partial charge in [-0.15, -0.1) is 0 Å². The summed E-state index contributed by atoms with van der Waals surface area (Å²) in [6.07, 6.45) is 0. The van der Waals surface area contributed by atoms with Crippen LogP contribution in [0.15, 0.2) is 30.3 Å². The molecule has 0 aliphatic rings. The normalized spacial score (nSPS) is 10.4. The van der Waals surface area contributed by atoms with Gasteiger partial charge in [-0.25, -0.2) is 8.78 Å². The van der Waals surface area contributed by atoms with Crippen LogP contribution in [0, 0.1) is 11.6 Å². The maximum Gasteiger partial charge on any atom is 0.258 e. The van der Waals surface area contributed by atoms with Crippen molar-refractivity contribution in [1.82, 2.24) is 0 Å². The number of nitrogens with one attached hydrogen (secondary N) is 1. The number of hydrogen-bond donors (Lipinski definition) is 1. The van der Waals surface area contributed by atoms with Gasteiger partial charge in [-0.05, 0) is 24.3 Å². The first-order valence-electron chi connectivity index (χ1n) is 5.29. The van der Waals surface area contributed by atoms with Crippen LogP contribution in [-0.2, 0) is 0 Å². The van der Waals surface area contributed by atoms with E-state index in [1.807, 2.05) is 0 Å². The molecule has 0 spiro atoms. The minimum atomic E-state index is -0.983. The first-order valence-corrected chi connectivity index (χ1v) is 6.43. The molecule has 2 rings (SSSR count). The number of anilines is 1. The first-order chi connectivity index (χ1) is 9.38. The molecule has 0 heterocycles. The summed E-state index contributed by atoms with van der Waals surface area (Å²) in [6.45, 7) is 0. The molecule has 1 amide bonds. The van der Waals surface area contributed by atoms with E-state index in [-0.39, 0.29) is 21.3 Å². The summed E-state index contributed by atoms with van der Waals surface area (Å²) in [5.74, 6) is -2.56. The van der Waals surface area contributed by atoms with Gasteiger partial charge in [0.05, 0.1) is 21.3 Å². The van der Waals surface area contributed by atoms with E-state index in [1.165, 1.54) is 12.1 Å². The Morgan fingerprint density at radius 3 is 2.15 bits per heavy atom. The lowest BCUT2D eigenvalue weighted by atomic mass is 10.2. The van der Waals surface area contributed by atoms with Crippen LogP contribution < -0.4 is 5.32 Å². The van der Waals surface area contributed by atoms with Crippen molar-refractivity contribution in [2.75, 3.05) is 5.32 Å². The van der Waals surface area contributed by atoms with Gasteiger partial charge < -0.3 is 5.32 Å². The van der Waals surface area contributed by atoms with Crippen LogP contribution in [0.5, 0.6) is 0 Å². The Morgan fingerprint density at radius 1 is 1.00 bits per heavy atom. The molecule has 2 aromatic carbocycles. The van der Waals surface area contributed by atoms with Crippen molar-refractivity contribution < 1.29 is 13.6 Å². The molecule has 0 saturated carbocycles. The van der Waals surface area contributed by atoms with Crippen LogP contribution >= 0.6 is 34.8 Å². The number of halogens is 5. The molecule has 0 fully saturated rings. The molecule has 104 valence electrons. The zero-order valence-electron chi connectivity index (χ0n) is 9.68. The molecule has 0 aliphatic heterocycles. The quantitative estimate of drug-likeness (QED) is 0.804. The van der Waals surface area contributed by atoms with Crippen LogP contribution in [0.3, 0.4) is 0 Å². The van der Waals surface area contributed by atoms with Gasteiger partial charge in [0, 0.05) is 11.1 Å². The minimum absolute atomic E-state index is 0.103. The number of hydrogen-bond acceptors (Lipinski definition) is 1. The second-order valence-electron chi connectivity index (χ2n) is 3.82. The summed E-state index contributed by atoms with van der Waals surface area (Å²) in [5.41, 5.74) is -0.222. The van der Waals surface area contributed by atoms with E-state index in [4.69, 9.17) is 34.8 Å². The topological polar surface area (TPSA) is 29.1 Å². The summed E-state index contributed by atoms with van der Waals surface area (Å²) in [5, 5.41) is 2.87. The van der Waals surface area contributed by atoms with Crippen molar-refractivity contribution in [3.63, 3.8) is 0 Å². The lowest BCUT2D eigenvalue weighted by Crippen LogP contribution is -2.14. The van der Waals surface area contributed by atoms with Gasteiger partial charge in [-0.2, -0.15) is 0 Å². The fourth-order valence-corrected chi connectivity index (χ4v) is 2.43. The Kier molecular flexibility index (Phi) is 4.48. The summed E-state index contributed by atoms with van der Waals surface area (Å²) < 4.78 is 26.3. The molecular formula is C13H6Cl3F2NO. The zero-order valence-corrected chi connectivity index (χ0v) is 12.0. The fourth-order valence-electron chi connectivity index (χ4n) is 1.52. The monoisotopic (exact) mass is 335 g/mol. The molecule has 2 nitrogen and oxygen atoms in total. The third-order valence-corrected chi connectivity index (χ3v) is 3.24. The molecule has 7 heteroatoms. The van der Waals surface area contributed by atoms with E-state index in [2.05, 4.69) is 5.32 Å². The maximum atomic E-state index is 13.5. The van der Waals surface area contributed by atoms with E-state index >= 15 is 0 Å². The van der Waals surface area contributed by atoms with Crippen LogP contribution in [0.2, 0.25) is 15.1 Å². The molecule has 0 unspecified atom stereocenters. The molecule has 0 aliphatic carbocycles. The SMILES string of the molecule is O=C(Nc1c(Cl)cc(Cl)cc1Cl)c1ccc(F)cc1F. The molecule has 0 radical (unpaired) electrons. The Morgan fingerprint density at radius 2 is 1.60 bits per heavy atom. The van der Waals surface area contributed by atoms with Crippen LogP contribution in [-0.4, -0.2) is 5.91 Å². The Balaban J connectivity index is 2.33. The highest BCUT2D eigenvalue weighted by atomic mass is 35.5. The van der Waals surface area contributed by atoms with Gasteiger partial charge in [-0.1, -0.05) is 34.8 Å². The minimum Gasteiger partial charge on any atom is -0.319 e. The number of carbonyl (C=O) groups is 1. The van der Waals surface area contributed by atoms with Crippen molar-refractivity contribution in [2.24, 2.45) is 0 Å². The van der Waals surface area contributed by atoms with Gasteiger partial charge in [0.2, 0.25) is 0 Å². The van der Waals surface area contributed by atoms with Crippen LogP contribution in [0.4, 0.5) is 14.5 Å². The molecule has 0 atom stereocenters. The third kappa shape index (κ3) is 3.20. The first kappa shape index (κ1) is 15.0. The average Bonchev–Trinajstić information content (AvgIpc) is 2.33. The lowest BCUT2D eigenvalue weighted by molar-refractivity contribution is 0.102.